The van der Waals surface area contributed by atoms with Crippen molar-refractivity contribution in [3.63, 3.8) is 0 Å². The minimum Gasteiger partial charge on any atom is -0.478 e. The van der Waals surface area contributed by atoms with E-state index in [9.17, 15) is 10.1 Å². The second kappa shape index (κ2) is 5.57. The Morgan fingerprint density at radius 1 is 1.39 bits per heavy atom. The Balaban J connectivity index is 2.30. The lowest BCUT2D eigenvalue weighted by Gasteiger charge is -2.09. The first-order valence-electron chi connectivity index (χ1n) is 6.31. The van der Waals surface area contributed by atoms with Crippen LogP contribution in [0.2, 0.25) is 0 Å². The summed E-state index contributed by atoms with van der Waals surface area (Å²) < 4.78 is 6.54. The van der Waals surface area contributed by atoms with Gasteiger partial charge in [0.2, 0.25) is 5.82 Å². The van der Waals surface area contributed by atoms with Gasteiger partial charge in [0.05, 0.1) is 29.4 Å². The molecule has 0 spiro atoms. The summed E-state index contributed by atoms with van der Waals surface area (Å²) in [6.45, 7) is 0. The number of nitrogens with zero attached hydrogens (tertiary/aromatic N) is 6. The first kappa shape index (κ1) is 14.2. The van der Waals surface area contributed by atoms with Crippen LogP contribution in [0.15, 0.2) is 30.9 Å². The third-order valence-corrected chi connectivity index (χ3v) is 3.08. The predicted molar refractivity (Wildman–Crippen MR) is 79.1 cm³/mol. The number of benzene rings is 1. The fourth-order valence-corrected chi connectivity index (χ4v) is 2.10. The Kier molecular flexibility index (Phi) is 3.44. The van der Waals surface area contributed by atoms with Gasteiger partial charge in [0, 0.05) is 18.5 Å². The third kappa shape index (κ3) is 2.46. The smallest absolute Gasteiger partial charge is 0.295 e. The molecule has 0 unspecified atom stereocenters. The minimum atomic E-state index is -0.510. The highest BCUT2D eigenvalue weighted by Gasteiger charge is 2.19. The van der Waals surface area contributed by atoms with Gasteiger partial charge in [-0.3, -0.25) is 15.4 Å². The number of ether oxygens (including phenoxy) is 1. The molecular formula is C13H9N7O3. The summed E-state index contributed by atoms with van der Waals surface area (Å²) in [5.74, 6) is 0.205. The standard InChI is InChI=1S/C13H9N7O3/c1-23-13-12(16-6-14)17-8-4-10(19-3-2-15-7-19)11(20(21)22)5-9(8)18-13/h2-5,7H,1H3,(H,16,17). The van der Waals surface area contributed by atoms with Crippen molar-refractivity contribution in [2.45, 2.75) is 0 Å². The predicted octanol–water partition coefficient (Wildman–Crippen LogP) is 1.63. The van der Waals surface area contributed by atoms with Gasteiger partial charge in [0.25, 0.3) is 11.6 Å². The highest BCUT2D eigenvalue weighted by molar-refractivity contribution is 5.84. The maximum atomic E-state index is 11.3. The van der Waals surface area contributed by atoms with Gasteiger partial charge < -0.3 is 9.30 Å². The zero-order valence-corrected chi connectivity index (χ0v) is 11.8. The Labute approximate surface area is 129 Å². The van der Waals surface area contributed by atoms with E-state index in [2.05, 4.69) is 20.3 Å². The summed E-state index contributed by atoms with van der Waals surface area (Å²) in [5.41, 5.74) is 0.800. The van der Waals surface area contributed by atoms with Crippen LogP contribution in [0.3, 0.4) is 0 Å². The second-order valence-electron chi connectivity index (χ2n) is 4.37. The molecule has 0 aliphatic rings. The molecule has 0 amide bonds. The number of nitrogens with one attached hydrogen (secondary N) is 1. The Morgan fingerprint density at radius 2 is 2.17 bits per heavy atom. The Bertz CT molecular complexity index is 931. The van der Waals surface area contributed by atoms with Crippen LogP contribution in [0.4, 0.5) is 11.5 Å². The molecule has 3 aromatic rings. The Hall–Kier alpha value is -3.74. The fourth-order valence-electron chi connectivity index (χ4n) is 2.10. The molecule has 10 heteroatoms. The van der Waals surface area contributed by atoms with E-state index in [1.807, 2.05) is 0 Å². The van der Waals surface area contributed by atoms with Crippen LogP contribution in [0.25, 0.3) is 16.7 Å². The summed E-state index contributed by atoms with van der Waals surface area (Å²) in [6.07, 6.45) is 6.28. The molecule has 0 saturated carbocycles. The first-order valence-corrected chi connectivity index (χ1v) is 6.31. The average molecular weight is 311 g/mol. The van der Waals surface area contributed by atoms with E-state index in [1.54, 1.807) is 12.4 Å². The van der Waals surface area contributed by atoms with Crippen LogP contribution < -0.4 is 10.1 Å². The molecule has 10 nitrogen and oxygen atoms in total. The van der Waals surface area contributed by atoms with Gasteiger partial charge in [-0.25, -0.2) is 15.0 Å². The van der Waals surface area contributed by atoms with E-state index < -0.39 is 4.92 Å². The topological polar surface area (TPSA) is 132 Å². The van der Waals surface area contributed by atoms with Crippen LogP contribution in [0, 0.1) is 21.6 Å². The van der Waals surface area contributed by atoms with Crippen LogP contribution in [-0.2, 0) is 0 Å². The first-order chi connectivity index (χ1) is 11.1. The molecule has 0 aliphatic carbocycles. The van der Waals surface area contributed by atoms with Gasteiger partial charge in [-0.1, -0.05) is 0 Å². The van der Waals surface area contributed by atoms with Gasteiger partial charge in [0.1, 0.15) is 5.69 Å². The van der Waals surface area contributed by atoms with Crippen molar-refractivity contribution < 1.29 is 9.66 Å². The van der Waals surface area contributed by atoms with Gasteiger partial charge in [-0.05, 0) is 6.07 Å². The van der Waals surface area contributed by atoms with Crippen LogP contribution in [-0.4, -0.2) is 31.6 Å². The number of hydrogen-bond acceptors (Lipinski definition) is 8. The van der Waals surface area contributed by atoms with Crippen molar-refractivity contribution >= 4 is 22.5 Å². The number of rotatable bonds is 4. The quantitative estimate of drug-likeness (QED) is 0.333. The lowest BCUT2D eigenvalue weighted by molar-refractivity contribution is -0.384. The number of aromatic nitrogens is 4. The van der Waals surface area contributed by atoms with Crippen molar-refractivity contribution in [2.24, 2.45) is 0 Å². The van der Waals surface area contributed by atoms with Gasteiger partial charge in [-0.2, -0.15) is 5.26 Å². The number of nitro benzene ring substituents is 1. The van der Waals surface area contributed by atoms with E-state index >= 15 is 0 Å². The molecule has 3 rings (SSSR count). The number of hydrogen-bond donors (Lipinski definition) is 1. The van der Waals surface area contributed by atoms with Crippen LogP contribution in [0.1, 0.15) is 0 Å². The molecule has 1 N–H and O–H groups in total. The summed E-state index contributed by atoms with van der Waals surface area (Å²) in [6, 6.07) is 2.81. The minimum absolute atomic E-state index is 0.0729. The van der Waals surface area contributed by atoms with Crippen molar-refractivity contribution in [2.75, 3.05) is 12.4 Å². The summed E-state index contributed by atoms with van der Waals surface area (Å²) >= 11 is 0. The number of fused-ring (bicyclic) bond motifs is 1. The molecule has 0 radical (unpaired) electrons. The number of nitro groups is 1. The van der Waals surface area contributed by atoms with Gasteiger partial charge >= 0.3 is 0 Å². The molecule has 0 saturated heterocycles. The van der Waals surface area contributed by atoms with Gasteiger partial charge in [0.15, 0.2) is 6.19 Å². The molecule has 0 atom stereocenters. The number of nitriles is 1. The second-order valence-corrected chi connectivity index (χ2v) is 4.37. The summed E-state index contributed by atoms with van der Waals surface area (Å²) in [5, 5.41) is 22.4. The van der Waals surface area contributed by atoms with Crippen LogP contribution in [0.5, 0.6) is 5.88 Å². The van der Waals surface area contributed by atoms with Crippen molar-refractivity contribution in [1.29, 1.82) is 5.26 Å². The SMILES string of the molecule is COc1nc2cc([N+](=O)[O-])c(-n3ccnc3)cc2nc1NC#N. The molecule has 114 valence electrons. The third-order valence-electron chi connectivity index (χ3n) is 3.08. The van der Waals surface area contributed by atoms with E-state index in [-0.39, 0.29) is 22.9 Å². The van der Waals surface area contributed by atoms with Crippen molar-refractivity contribution in [1.82, 2.24) is 19.5 Å². The maximum absolute atomic E-state index is 11.3. The maximum Gasteiger partial charge on any atom is 0.295 e. The monoisotopic (exact) mass is 311 g/mol. The normalized spacial score (nSPS) is 10.3. The summed E-state index contributed by atoms with van der Waals surface area (Å²) in [7, 11) is 1.37. The van der Waals surface area contributed by atoms with Gasteiger partial charge in [-0.15, -0.1) is 0 Å². The number of imidazole rings is 1. The van der Waals surface area contributed by atoms with E-state index in [1.165, 1.54) is 36.3 Å². The van der Waals surface area contributed by atoms with E-state index in [0.29, 0.717) is 11.2 Å². The lowest BCUT2D eigenvalue weighted by atomic mass is 10.2. The molecule has 0 aliphatic heterocycles. The number of methoxy groups -OCH3 is 1. The molecule has 23 heavy (non-hydrogen) atoms. The fraction of sp³-hybridized carbons (Fsp3) is 0.0769. The molecular weight excluding hydrogens is 302 g/mol. The largest absolute Gasteiger partial charge is 0.478 e. The summed E-state index contributed by atoms with van der Waals surface area (Å²) in [4.78, 5) is 23.1. The van der Waals surface area contributed by atoms with Crippen LogP contribution >= 0.6 is 0 Å². The zero-order valence-electron chi connectivity index (χ0n) is 11.8. The van der Waals surface area contributed by atoms with E-state index in [4.69, 9.17) is 10.00 Å². The molecule has 2 aromatic heterocycles. The molecule has 0 fully saturated rings. The lowest BCUT2D eigenvalue weighted by Crippen LogP contribution is -2.03. The average Bonchev–Trinajstić information content (AvgIpc) is 3.07. The van der Waals surface area contributed by atoms with Crippen molar-refractivity contribution in [3.8, 4) is 17.8 Å². The zero-order chi connectivity index (χ0) is 16.4. The molecule has 0 bridgehead atoms. The number of anilines is 1. The molecule has 2 heterocycles. The Morgan fingerprint density at radius 3 is 2.78 bits per heavy atom. The molecule has 1 aromatic carbocycles. The highest BCUT2D eigenvalue weighted by atomic mass is 16.6. The highest BCUT2D eigenvalue weighted by Crippen LogP contribution is 2.30. The van der Waals surface area contributed by atoms with Crippen molar-refractivity contribution in [3.05, 3.63) is 41.0 Å². The van der Waals surface area contributed by atoms with E-state index in [0.717, 1.165) is 0 Å².